The first kappa shape index (κ1) is 28.9. The van der Waals surface area contributed by atoms with Crippen molar-refractivity contribution in [3.63, 3.8) is 0 Å². The third kappa shape index (κ3) is 5.40. The minimum Gasteiger partial charge on any atom is -0.344 e. The molecule has 0 bridgehead atoms. The van der Waals surface area contributed by atoms with E-state index >= 15 is 0 Å². The van der Waals surface area contributed by atoms with E-state index in [1.165, 1.54) is 25.7 Å². The summed E-state index contributed by atoms with van der Waals surface area (Å²) >= 11 is 1.53. The van der Waals surface area contributed by atoms with Gasteiger partial charge in [0.2, 0.25) is 6.41 Å². The van der Waals surface area contributed by atoms with Crippen LogP contribution in [-0.2, 0) is 44.2 Å². The SMILES string of the molecule is Cc1c(F)c2c(n1CCN(C=O)c1nccc(-c3cc(Nc4nc5c(s4)CN(C)CC5)c(=O)n(C)c3)c1C=O)CCCC2. The fourth-order valence-electron chi connectivity index (χ4n) is 6.18. The van der Waals surface area contributed by atoms with Crippen molar-refractivity contribution in [2.45, 2.75) is 52.1 Å². The van der Waals surface area contributed by atoms with Crippen molar-refractivity contribution in [2.24, 2.45) is 7.05 Å². The van der Waals surface area contributed by atoms with Crippen LogP contribution in [0.1, 0.15) is 50.7 Å². The van der Waals surface area contributed by atoms with Crippen LogP contribution in [0.3, 0.4) is 0 Å². The van der Waals surface area contributed by atoms with E-state index in [0.717, 1.165) is 62.1 Å². The highest BCUT2D eigenvalue weighted by molar-refractivity contribution is 7.15. The minimum absolute atomic E-state index is 0.162. The summed E-state index contributed by atoms with van der Waals surface area (Å²) < 4.78 is 18.3. The molecule has 0 saturated heterocycles. The molecule has 0 fully saturated rings. The van der Waals surface area contributed by atoms with Crippen LogP contribution in [0.4, 0.5) is 21.0 Å². The summed E-state index contributed by atoms with van der Waals surface area (Å²) in [6.45, 7) is 4.12. The van der Waals surface area contributed by atoms with Crippen molar-refractivity contribution < 1.29 is 14.0 Å². The molecule has 5 heterocycles. The third-order valence-electron chi connectivity index (χ3n) is 8.46. The van der Waals surface area contributed by atoms with Crippen LogP contribution in [0.15, 0.2) is 29.3 Å². The summed E-state index contributed by atoms with van der Waals surface area (Å²) in [5.41, 5.74) is 4.85. The number of likely N-dealkylation sites (N-methyl/N-ethyl adjacent to an activating group) is 1. The van der Waals surface area contributed by atoms with Crippen LogP contribution < -0.4 is 15.8 Å². The van der Waals surface area contributed by atoms with Crippen molar-refractivity contribution in [3.8, 4) is 11.1 Å². The van der Waals surface area contributed by atoms with Gasteiger partial charge in [-0.25, -0.2) is 14.4 Å². The van der Waals surface area contributed by atoms with Gasteiger partial charge in [0, 0.05) is 73.7 Å². The molecule has 1 aliphatic heterocycles. The molecule has 0 aromatic carbocycles. The van der Waals surface area contributed by atoms with E-state index in [9.17, 15) is 18.8 Å². The van der Waals surface area contributed by atoms with Gasteiger partial charge in [-0.15, -0.1) is 11.3 Å². The van der Waals surface area contributed by atoms with Gasteiger partial charge in [-0.1, -0.05) is 0 Å². The predicted octanol–water partition coefficient (Wildman–Crippen LogP) is 4.24. The highest BCUT2D eigenvalue weighted by Crippen LogP contribution is 2.33. The van der Waals surface area contributed by atoms with E-state index in [4.69, 9.17) is 4.98 Å². The lowest BCUT2D eigenvalue weighted by Crippen LogP contribution is -2.29. The summed E-state index contributed by atoms with van der Waals surface area (Å²) in [6, 6.07) is 3.39. The molecule has 0 atom stereocenters. The number of halogens is 1. The fourth-order valence-corrected chi connectivity index (χ4v) is 7.28. The van der Waals surface area contributed by atoms with Crippen molar-refractivity contribution in [2.75, 3.05) is 30.4 Å². The maximum atomic E-state index is 14.9. The Hall–Kier alpha value is -4.16. The first-order chi connectivity index (χ1) is 20.8. The molecule has 224 valence electrons. The molecule has 10 nitrogen and oxygen atoms in total. The monoisotopic (exact) mass is 603 g/mol. The highest BCUT2D eigenvalue weighted by atomic mass is 32.1. The number of fused-ring (bicyclic) bond motifs is 2. The molecule has 2 aliphatic rings. The van der Waals surface area contributed by atoms with Gasteiger partial charge < -0.3 is 19.4 Å². The second-order valence-electron chi connectivity index (χ2n) is 11.3. The van der Waals surface area contributed by atoms with Crippen LogP contribution in [0.2, 0.25) is 0 Å². The van der Waals surface area contributed by atoms with E-state index in [1.807, 2.05) is 4.57 Å². The highest BCUT2D eigenvalue weighted by Gasteiger charge is 2.24. The molecule has 0 saturated carbocycles. The number of nitrogens with one attached hydrogen (secondary N) is 1. The smallest absolute Gasteiger partial charge is 0.274 e. The number of aryl methyl sites for hydroxylation is 1. The van der Waals surface area contributed by atoms with Gasteiger partial charge in [0.05, 0.1) is 17.0 Å². The number of anilines is 3. The normalized spacial score (nSPS) is 14.7. The molecular formula is C31H34FN7O3S. The van der Waals surface area contributed by atoms with Gasteiger partial charge in [-0.3, -0.25) is 19.3 Å². The molecule has 6 rings (SSSR count). The number of hydrogen-bond acceptors (Lipinski definition) is 8. The minimum atomic E-state index is -0.233. The Morgan fingerprint density at radius 1 is 1.19 bits per heavy atom. The molecule has 1 N–H and O–H groups in total. The Kier molecular flexibility index (Phi) is 7.97. The number of aldehydes is 1. The number of carbonyl (C=O) groups is 2. The first-order valence-electron chi connectivity index (χ1n) is 14.5. The Bertz CT molecular complexity index is 1780. The zero-order chi connectivity index (χ0) is 30.2. The molecule has 0 radical (unpaired) electrons. The number of amides is 1. The standard InChI is InChI=1S/C31H34FN7O3S/c1-19-28(32)22-6-4-5-7-26(22)39(19)13-12-38(18-41)29-23(17-40)21(8-10-33-29)20-14-25(30(42)37(3)15-20)35-31-34-24-9-11-36(2)16-27(24)43-31/h8,10,14-15,17-18H,4-7,9,11-13,16H2,1-3H3,(H,34,35). The Morgan fingerprint density at radius 3 is 2.79 bits per heavy atom. The second-order valence-corrected chi connectivity index (χ2v) is 12.3. The molecule has 1 aliphatic carbocycles. The van der Waals surface area contributed by atoms with E-state index in [-0.39, 0.29) is 29.3 Å². The van der Waals surface area contributed by atoms with Gasteiger partial charge in [-0.2, -0.15) is 0 Å². The van der Waals surface area contributed by atoms with E-state index in [2.05, 4.69) is 22.2 Å². The van der Waals surface area contributed by atoms with E-state index in [0.29, 0.717) is 46.9 Å². The first-order valence-corrected chi connectivity index (χ1v) is 15.3. The number of aromatic nitrogens is 4. The van der Waals surface area contributed by atoms with E-state index in [1.54, 1.807) is 38.5 Å². The number of hydrogen-bond donors (Lipinski definition) is 1. The average Bonchev–Trinajstić information content (AvgIpc) is 3.52. The van der Waals surface area contributed by atoms with Crippen molar-refractivity contribution >= 4 is 40.7 Å². The van der Waals surface area contributed by atoms with Crippen LogP contribution in [0, 0.1) is 12.7 Å². The molecular weight excluding hydrogens is 569 g/mol. The van der Waals surface area contributed by atoms with Crippen LogP contribution >= 0.6 is 11.3 Å². The number of rotatable bonds is 9. The maximum absolute atomic E-state index is 14.9. The summed E-state index contributed by atoms with van der Waals surface area (Å²) in [4.78, 5) is 51.8. The lowest BCUT2D eigenvalue weighted by Gasteiger charge is -2.22. The maximum Gasteiger partial charge on any atom is 0.274 e. The van der Waals surface area contributed by atoms with Gasteiger partial charge in [-0.05, 0) is 57.4 Å². The quantitative estimate of drug-likeness (QED) is 0.286. The molecule has 43 heavy (non-hydrogen) atoms. The summed E-state index contributed by atoms with van der Waals surface area (Å²) in [5, 5.41) is 3.85. The van der Waals surface area contributed by atoms with Gasteiger partial charge in [0.15, 0.2) is 11.4 Å². The number of carbonyl (C=O) groups excluding carboxylic acids is 2. The van der Waals surface area contributed by atoms with E-state index < -0.39 is 0 Å². The average molecular weight is 604 g/mol. The van der Waals surface area contributed by atoms with Crippen LogP contribution in [0.25, 0.3) is 11.1 Å². The zero-order valence-electron chi connectivity index (χ0n) is 24.5. The molecule has 1 amide bonds. The Labute approximate surface area is 252 Å². The fraction of sp³-hybridized carbons (Fsp3) is 0.387. The van der Waals surface area contributed by atoms with Gasteiger partial charge in [0.1, 0.15) is 17.3 Å². The van der Waals surface area contributed by atoms with Crippen molar-refractivity contribution in [1.82, 2.24) is 24.0 Å². The lowest BCUT2D eigenvalue weighted by atomic mass is 9.97. The Morgan fingerprint density at radius 2 is 2.00 bits per heavy atom. The summed E-state index contributed by atoms with van der Waals surface area (Å²) in [5.74, 6) is 0.0483. The number of thiazole rings is 1. The largest absolute Gasteiger partial charge is 0.344 e. The molecule has 0 unspecified atom stereocenters. The van der Waals surface area contributed by atoms with Crippen molar-refractivity contribution in [1.29, 1.82) is 0 Å². The molecule has 4 aromatic heterocycles. The Balaban J connectivity index is 1.30. The molecule has 4 aromatic rings. The topological polar surface area (TPSA) is 105 Å². The van der Waals surface area contributed by atoms with Gasteiger partial charge >= 0.3 is 0 Å². The second kappa shape index (κ2) is 11.8. The zero-order valence-corrected chi connectivity index (χ0v) is 25.3. The van der Waals surface area contributed by atoms with Crippen molar-refractivity contribution in [3.05, 3.63) is 73.8 Å². The summed E-state index contributed by atoms with van der Waals surface area (Å²) in [7, 11) is 3.72. The van der Waals surface area contributed by atoms with Gasteiger partial charge in [0.25, 0.3) is 5.56 Å². The van der Waals surface area contributed by atoms with Crippen LogP contribution in [0.5, 0.6) is 0 Å². The lowest BCUT2D eigenvalue weighted by molar-refractivity contribution is -0.107. The number of nitrogens with zero attached hydrogens (tertiary/aromatic N) is 6. The molecule has 0 spiro atoms. The third-order valence-corrected chi connectivity index (χ3v) is 9.46. The molecule has 12 heteroatoms. The predicted molar refractivity (Wildman–Crippen MR) is 165 cm³/mol. The summed E-state index contributed by atoms with van der Waals surface area (Å²) in [6.07, 6.45) is 8.90. The van der Waals surface area contributed by atoms with Crippen LogP contribution in [-0.4, -0.2) is 56.8 Å². The number of pyridine rings is 2.